The van der Waals surface area contributed by atoms with Crippen molar-refractivity contribution in [2.24, 2.45) is 5.10 Å². The number of halogens is 3. The van der Waals surface area contributed by atoms with E-state index in [1.807, 2.05) is 50.2 Å². The molecule has 1 atom stereocenters. The van der Waals surface area contributed by atoms with Crippen molar-refractivity contribution >= 4 is 71.4 Å². The fraction of sp³-hybridized carbons (Fsp3) is 0.219. The highest BCUT2D eigenvalue weighted by molar-refractivity contribution is 9.10. The Bertz CT molecular complexity index is 1830. The molecule has 210 valence electrons. The molecule has 0 aliphatic carbocycles. The average molecular weight is 698 g/mol. The fourth-order valence-electron chi connectivity index (χ4n) is 4.56. The van der Waals surface area contributed by atoms with Gasteiger partial charge in [0.1, 0.15) is 17.5 Å². The molecule has 0 aliphatic rings. The highest BCUT2D eigenvalue weighted by Crippen LogP contribution is 2.43. The van der Waals surface area contributed by atoms with Crippen LogP contribution in [0.2, 0.25) is 5.02 Å². The topological polar surface area (TPSA) is 65.7 Å². The molecule has 0 unspecified atom stereocenters. The van der Waals surface area contributed by atoms with E-state index in [1.165, 1.54) is 4.68 Å². The van der Waals surface area contributed by atoms with Gasteiger partial charge >= 0.3 is 0 Å². The average Bonchev–Trinajstić information content (AvgIpc) is 2.98. The van der Waals surface area contributed by atoms with Crippen LogP contribution in [-0.2, 0) is 6.61 Å². The molecule has 1 aromatic heterocycles. The van der Waals surface area contributed by atoms with Crippen LogP contribution in [0.5, 0.6) is 11.5 Å². The van der Waals surface area contributed by atoms with Crippen LogP contribution < -0.4 is 15.0 Å². The van der Waals surface area contributed by atoms with Gasteiger partial charge in [-0.15, -0.1) is 0 Å². The monoisotopic (exact) mass is 695 g/mol. The largest absolute Gasteiger partial charge is 0.490 e. The summed E-state index contributed by atoms with van der Waals surface area (Å²) in [5, 5.41) is 7.69. The predicted octanol–water partition coefficient (Wildman–Crippen LogP) is 9.10. The van der Waals surface area contributed by atoms with Crippen LogP contribution in [0.4, 0.5) is 0 Å². The van der Waals surface area contributed by atoms with E-state index in [0.717, 1.165) is 27.2 Å². The lowest BCUT2D eigenvalue weighted by Gasteiger charge is -2.17. The molecule has 41 heavy (non-hydrogen) atoms. The quantitative estimate of drug-likeness (QED) is 0.144. The number of fused-ring (bicyclic) bond motifs is 2. The second-order valence-corrected chi connectivity index (χ2v) is 11.7. The lowest BCUT2D eigenvalue weighted by Crippen LogP contribution is -2.23. The van der Waals surface area contributed by atoms with Crippen LogP contribution in [0.25, 0.3) is 21.7 Å². The van der Waals surface area contributed by atoms with Crippen molar-refractivity contribution in [3.63, 3.8) is 0 Å². The first-order chi connectivity index (χ1) is 19.8. The molecule has 5 rings (SSSR count). The summed E-state index contributed by atoms with van der Waals surface area (Å²) in [5.74, 6) is 1.52. The number of benzene rings is 4. The summed E-state index contributed by atoms with van der Waals surface area (Å²) in [7, 11) is 0. The standard InChI is InChI=1S/C32H28Br2ClN3O3/c1-4-19(3)31-37-26-14-13-23(33)16-25(26)32(39)38(31)36-17-22-15-27(40-5-2)30(29(35)28(22)34)41-18-21-11-8-10-20-9-6-7-12-24(20)21/h6-17,19H,4-5,18H2,1-3H3/t19-/m1/s1. The van der Waals surface area contributed by atoms with Gasteiger partial charge < -0.3 is 9.47 Å². The smallest absolute Gasteiger partial charge is 0.282 e. The van der Waals surface area contributed by atoms with Crippen molar-refractivity contribution in [2.75, 3.05) is 6.61 Å². The van der Waals surface area contributed by atoms with Gasteiger partial charge in [0.25, 0.3) is 5.56 Å². The zero-order chi connectivity index (χ0) is 29.1. The van der Waals surface area contributed by atoms with Gasteiger partial charge in [-0.1, -0.05) is 83.8 Å². The Balaban J connectivity index is 1.54. The van der Waals surface area contributed by atoms with Crippen LogP contribution in [0.3, 0.4) is 0 Å². The van der Waals surface area contributed by atoms with Gasteiger partial charge in [0.05, 0.1) is 23.7 Å². The Morgan fingerprint density at radius 2 is 1.80 bits per heavy atom. The number of hydrogen-bond donors (Lipinski definition) is 0. The van der Waals surface area contributed by atoms with Crippen LogP contribution in [-0.4, -0.2) is 22.5 Å². The van der Waals surface area contributed by atoms with E-state index in [1.54, 1.807) is 18.3 Å². The van der Waals surface area contributed by atoms with Crippen LogP contribution in [0, 0.1) is 0 Å². The number of hydrogen-bond acceptors (Lipinski definition) is 5. The van der Waals surface area contributed by atoms with E-state index in [0.29, 0.717) is 56.5 Å². The van der Waals surface area contributed by atoms with Crippen molar-refractivity contribution in [3.8, 4) is 11.5 Å². The number of nitrogens with zero attached hydrogens (tertiary/aromatic N) is 3. The lowest BCUT2D eigenvalue weighted by atomic mass is 10.1. The molecule has 1 heterocycles. The molecule has 0 amide bonds. The number of ether oxygens (including phenoxy) is 2. The molecule has 4 aromatic carbocycles. The lowest BCUT2D eigenvalue weighted by molar-refractivity contribution is 0.270. The third-order valence-corrected chi connectivity index (χ3v) is 8.84. The first-order valence-corrected chi connectivity index (χ1v) is 15.3. The maximum Gasteiger partial charge on any atom is 0.282 e. The number of aromatic nitrogens is 2. The summed E-state index contributed by atoms with van der Waals surface area (Å²) in [6.45, 7) is 6.71. The van der Waals surface area contributed by atoms with Gasteiger partial charge in [-0.3, -0.25) is 4.79 Å². The molecule has 0 N–H and O–H groups in total. The molecular formula is C32H28Br2ClN3O3. The van der Waals surface area contributed by atoms with Crippen molar-refractivity contribution in [1.82, 2.24) is 9.66 Å². The molecule has 0 spiro atoms. The van der Waals surface area contributed by atoms with E-state index in [-0.39, 0.29) is 11.5 Å². The van der Waals surface area contributed by atoms with Gasteiger partial charge in [-0.05, 0) is 69.9 Å². The van der Waals surface area contributed by atoms with E-state index < -0.39 is 0 Å². The summed E-state index contributed by atoms with van der Waals surface area (Å²) in [6.07, 6.45) is 2.39. The van der Waals surface area contributed by atoms with E-state index >= 15 is 0 Å². The molecule has 9 heteroatoms. The molecule has 5 aromatic rings. The van der Waals surface area contributed by atoms with Crippen LogP contribution in [0.1, 0.15) is 50.1 Å². The molecule has 0 aliphatic heterocycles. The molecule has 6 nitrogen and oxygen atoms in total. The summed E-state index contributed by atoms with van der Waals surface area (Å²) >= 11 is 13.9. The first-order valence-electron chi connectivity index (χ1n) is 13.3. The summed E-state index contributed by atoms with van der Waals surface area (Å²) in [5.41, 5.74) is 2.06. The Hall–Kier alpha value is -3.20. The third kappa shape index (κ3) is 6.05. The number of rotatable bonds is 9. The normalized spacial score (nSPS) is 12.3. The van der Waals surface area contributed by atoms with E-state index in [9.17, 15) is 4.79 Å². The van der Waals surface area contributed by atoms with Crippen molar-refractivity contribution in [1.29, 1.82) is 0 Å². The van der Waals surface area contributed by atoms with Crippen LogP contribution >= 0.6 is 43.5 Å². The first kappa shape index (κ1) is 29.3. The van der Waals surface area contributed by atoms with Crippen molar-refractivity contribution in [2.45, 2.75) is 39.7 Å². The second-order valence-electron chi connectivity index (χ2n) is 9.58. The maximum atomic E-state index is 13.5. The van der Waals surface area contributed by atoms with Gasteiger partial charge in [0.2, 0.25) is 0 Å². The van der Waals surface area contributed by atoms with Gasteiger partial charge in [-0.2, -0.15) is 9.78 Å². The molecule has 0 saturated carbocycles. The predicted molar refractivity (Wildman–Crippen MR) is 174 cm³/mol. The van der Waals surface area contributed by atoms with Gasteiger partial charge in [0.15, 0.2) is 11.5 Å². The minimum absolute atomic E-state index is 0.0174. The minimum Gasteiger partial charge on any atom is -0.490 e. The SMILES string of the molecule is CCOc1cc(C=Nn2c([C@H](C)CC)nc3ccc(Br)cc3c2=O)c(Br)c(Cl)c1OCc1cccc2ccccc12. The highest BCUT2D eigenvalue weighted by atomic mass is 79.9. The Labute approximate surface area is 260 Å². The zero-order valence-corrected chi connectivity index (χ0v) is 26.8. The Morgan fingerprint density at radius 3 is 2.59 bits per heavy atom. The van der Waals surface area contributed by atoms with E-state index in [2.05, 4.69) is 62.1 Å². The Kier molecular flexibility index (Phi) is 9.12. The van der Waals surface area contributed by atoms with Crippen molar-refractivity contribution in [3.05, 3.63) is 108 Å². The van der Waals surface area contributed by atoms with Gasteiger partial charge in [-0.25, -0.2) is 4.98 Å². The highest BCUT2D eigenvalue weighted by Gasteiger charge is 2.19. The summed E-state index contributed by atoms with van der Waals surface area (Å²) in [6, 6.07) is 21.6. The van der Waals surface area contributed by atoms with Crippen molar-refractivity contribution < 1.29 is 9.47 Å². The third-order valence-electron chi connectivity index (χ3n) is 6.91. The fourth-order valence-corrected chi connectivity index (χ4v) is 5.58. The molecular weight excluding hydrogens is 670 g/mol. The molecule has 0 radical (unpaired) electrons. The summed E-state index contributed by atoms with van der Waals surface area (Å²) in [4.78, 5) is 18.3. The van der Waals surface area contributed by atoms with E-state index in [4.69, 9.17) is 26.1 Å². The molecule has 0 fully saturated rings. The van der Waals surface area contributed by atoms with Gasteiger partial charge in [0, 0.05) is 20.4 Å². The molecule has 0 bridgehead atoms. The maximum absolute atomic E-state index is 13.5. The second kappa shape index (κ2) is 12.8. The minimum atomic E-state index is -0.245. The van der Waals surface area contributed by atoms with Crippen LogP contribution in [0.15, 0.2) is 85.6 Å². The summed E-state index contributed by atoms with van der Waals surface area (Å²) < 4.78 is 14.9. The zero-order valence-electron chi connectivity index (χ0n) is 22.8. The molecule has 0 saturated heterocycles. The Morgan fingerprint density at radius 1 is 1.02 bits per heavy atom.